The summed E-state index contributed by atoms with van der Waals surface area (Å²) < 4.78 is 0. The van der Waals surface area contributed by atoms with E-state index in [1.807, 2.05) is 55.5 Å². The van der Waals surface area contributed by atoms with Crippen molar-refractivity contribution < 1.29 is 9.90 Å². The van der Waals surface area contributed by atoms with E-state index in [0.717, 1.165) is 21.7 Å². The van der Waals surface area contributed by atoms with Gasteiger partial charge in [-0.05, 0) is 60.5 Å². The summed E-state index contributed by atoms with van der Waals surface area (Å²) in [7, 11) is 0. The first-order chi connectivity index (χ1) is 10.6. The van der Waals surface area contributed by atoms with Gasteiger partial charge in [-0.3, -0.25) is 4.79 Å². The lowest BCUT2D eigenvalue weighted by Gasteiger charge is -2.06. The Morgan fingerprint density at radius 3 is 2.45 bits per heavy atom. The molecule has 0 fully saturated rings. The molecule has 3 aromatic rings. The number of carbonyl (C=O) groups excluding carboxylic acids is 1. The SMILES string of the molecule is Cc1ccccc1NC(=O)c1ccc(-c2ccc(O)cc2)s1. The van der Waals surface area contributed by atoms with Crippen molar-refractivity contribution in [3.05, 3.63) is 71.1 Å². The molecule has 0 aliphatic rings. The van der Waals surface area contributed by atoms with E-state index >= 15 is 0 Å². The molecule has 2 N–H and O–H groups in total. The van der Waals surface area contributed by atoms with E-state index in [4.69, 9.17) is 0 Å². The topological polar surface area (TPSA) is 49.3 Å². The van der Waals surface area contributed by atoms with Gasteiger partial charge >= 0.3 is 0 Å². The molecule has 0 aliphatic carbocycles. The number of hydrogen-bond donors (Lipinski definition) is 2. The molecule has 4 heteroatoms. The molecule has 0 unspecified atom stereocenters. The second kappa shape index (κ2) is 6.03. The molecule has 1 heterocycles. The standard InChI is InChI=1S/C18H15NO2S/c1-12-4-2-3-5-15(12)19-18(21)17-11-10-16(22-17)13-6-8-14(20)9-7-13/h2-11,20H,1H3,(H,19,21). The van der Waals surface area contributed by atoms with Crippen molar-refractivity contribution in [3.63, 3.8) is 0 Å². The Bertz CT molecular complexity index is 806. The van der Waals surface area contributed by atoms with Crippen molar-refractivity contribution in [2.45, 2.75) is 6.92 Å². The molecule has 0 saturated carbocycles. The van der Waals surface area contributed by atoms with Crippen LogP contribution in [-0.4, -0.2) is 11.0 Å². The fraction of sp³-hybridized carbons (Fsp3) is 0.0556. The maximum atomic E-state index is 12.3. The summed E-state index contributed by atoms with van der Waals surface area (Å²) in [5.41, 5.74) is 2.84. The van der Waals surface area contributed by atoms with Crippen molar-refractivity contribution in [1.29, 1.82) is 0 Å². The second-order valence-corrected chi connectivity index (χ2v) is 6.06. The van der Waals surface area contributed by atoms with Gasteiger partial charge in [0.15, 0.2) is 0 Å². The Labute approximate surface area is 132 Å². The first kappa shape index (κ1) is 14.4. The van der Waals surface area contributed by atoms with Crippen molar-refractivity contribution in [3.8, 4) is 16.2 Å². The largest absolute Gasteiger partial charge is 0.508 e. The van der Waals surface area contributed by atoms with Crippen LogP contribution in [0, 0.1) is 6.92 Å². The minimum absolute atomic E-state index is 0.107. The molecule has 110 valence electrons. The van der Waals surface area contributed by atoms with Gasteiger partial charge in [0.05, 0.1) is 4.88 Å². The van der Waals surface area contributed by atoms with Crippen LogP contribution in [0.2, 0.25) is 0 Å². The second-order valence-electron chi connectivity index (χ2n) is 4.98. The summed E-state index contributed by atoms with van der Waals surface area (Å²) in [4.78, 5) is 14.0. The fourth-order valence-electron chi connectivity index (χ4n) is 2.14. The highest BCUT2D eigenvalue weighted by Crippen LogP contribution is 2.29. The van der Waals surface area contributed by atoms with Gasteiger partial charge in [-0.2, -0.15) is 0 Å². The highest BCUT2D eigenvalue weighted by atomic mass is 32.1. The number of benzene rings is 2. The van der Waals surface area contributed by atoms with Crippen LogP contribution in [0.25, 0.3) is 10.4 Å². The molecule has 0 atom stereocenters. The zero-order valence-electron chi connectivity index (χ0n) is 12.0. The number of thiophene rings is 1. The zero-order chi connectivity index (χ0) is 15.5. The summed E-state index contributed by atoms with van der Waals surface area (Å²) in [5, 5.41) is 12.3. The Hall–Kier alpha value is -2.59. The van der Waals surface area contributed by atoms with E-state index in [1.54, 1.807) is 12.1 Å². The number of aryl methyl sites for hydroxylation is 1. The number of hydrogen-bond acceptors (Lipinski definition) is 3. The van der Waals surface area contributed by atoms with E-state index < -0.39 is 0 Å². The summed E-state index contributed by atoms with van der Waals surface area (Å²) in [6, 6.07) is 18.4. The van der Waals surface area contributed by atoms with Gasteiger partial charge in [0, 0.05) is 10.6 Å². The Morgan fingerprint density at radius 1 is 1.00 bits per heavy atom. The van der Waals surface area contributed by atoms with Gasteiger partial charge in [-0.25, -0.2) is 0 Å². The molecule has 0 spiro atoms. The normalized spacial score (nSPS) is 10.4. The maximum absolute atomic E-state index is 12.3. The summed E-state index contributed by atoms with van der Waals surface area (Å²) in [6.45, 7) is 1.96. The highest BCUT2D eigenvalue weighted by Gasteiger charge is 2.11. The molecule has 0 bridgehead atoms. The number of rotatable bonds is 3. The van der Waals surface area contributed by atoms with Gasteiger partial charge < -0.3 is 10.4 Å². The molecular formula is C18H15NO2S. The monoisotopic (exact) mass is 309 g/mol. The minimum Gasteiger partial charge on any atom is -0.508 e. The van der Waals surface area contributed by atoms with Crippen LogP contribution in [0.4, 0.5) is 5.69 Å². The summed E-state index contributed by atoms with van der Waals surface area (Å²) in [5.74, 6) is 0.127. The van der Waals surface area contributed by atoms with Crippen LogP contribution in [0.1, 0.15) is 15.2 Å². The third-order valence-corrected chi connectivity index (χ3v) is 4.51. The molecule has 22 heavy (non-hydrogen) atoms. The molecule has 0 saturated heterocycles. The predicted octanol–water partition coefficient (Wildman–Crippen LogP) is 4.68. The third kappa shape index (κ3) is 3.02. The molecule has 0 aliphatic heterocycles. The van der Waals surface area contributed by atoms with Gasteiger partial charge in [0.25, 0.3) is 5.91 Å². The average molecular weight is 309 g/mol. The molecule has 1 amide bonds. The van der Waals surface area contributed by atoms with Crippen LogP contribution in [-0.2, 0) is 0 Å². The number of nitrogens with one attached hydrogen (secondary N) is 1. The number of amides is 1. The van der Waals surface area contributed by atoms with Crippen LogP contribution in [0.3, 0.4) is 0 Å². The fourth-order valence-corrected chi connectivity index (χ4v) is 3.04. The number of aromatic hydroxyl groups is 1. The van der Waals surface area contributed by atoms with E-state index in [2.05, 4.69) is 5.32 Å². The first-order valence-corrected chi connectivity index (χ1v) is 7.71. The number of para-hydroxylation sites is 1. The Morgan fingerprint density at radius 2 is 1.73 bits per heavy atom. The van der Waals surface area contributed by atoms with Crippen LogP contribution < -0.4 is 5.32 Å². The Balaban J connectivity index is 1.80. The number of phenolic OH excluding ortho intramolecular Hbond substituents is 1. The quantitative estimate of drug-likeness (QED) is 0.738. The molecule has 3 nitrogen and oxygen atoms in total. The van der Waals surface area contributed by atoms with Crippen molar-refractivity contribution >= 4 is 22.9 Å². The molecule has 0 radical (unpaired) electrons. The lowest BCUT2D eigenvalue weighted by Crippen LogP contribution is -2.10. The van der Waals surface area contributed by atoms with Gasteiger partial charge in [0.1, 0.15) is 5.75 Å². The molecule has 3 rings (SSSR count). The van der Waals surface area contributed by atoms with Crippen molar-refractivity contribution in [1.82, 2.24) is 0 Å². The van der Waals surface area contributed by atoms with Crippen LogP contribution in [0.15, 0.2) is 60.7 Å². The van der Waals surface area contributed by atoms with Gasteiger partial charge in [-0.15, -0.1) is 11.3 Å². The highest BCUT2D eigenvalue weighted by molar-refractivity contribution is 7.17. The average Bonchev–Trinajstić information content (AvgIpc) is 3.00. The zero-order valence-corrected chi connectivity index (χ0v) is 12.9. The molecule has 1 aromatic heterocycles. The maximum Gasteiger partial charge on any atom is 0.265 e. The number of carbonyl (C=O) groups is 1. The van der Waals surface area contributed by atoms with Crippen molar-refractivity contribution in [2.75, 3.05) is 5.32 Å². The van der Waals surface area contributed by atoms with E-state index in [-0.39, 0.29) is 11.7 Å². The number of anilines is 1. The Kier molecular flexibility index (Phi) is 3.94. The van der Waals surface area contributed by atoms with Crippen molar-refractivity contribution in [2.24, 2.45) is 0 Å². The smallest absolute Gasteiger partial charge is 0.265 e. The number of phenols is 1. The van der Waals surface area contributed by atoms with E-state index in [9.17, 15) is 9.90 Å². The van der Waals surface area contributed by atoms with Crippen LogP contribution >= 0.6 is 11.3 Å². The van der Waals surface area contributed by atoms with Gasteiger partial charge in [0.2, 0.25) is 0 Å². The first-order valence-electron chi connectivity index (χ1n) is 6.90. The molecular weight excluding hydrogens is 294 g/mol. The summed E-state index contributed by atoms with van der Waals surface area (Å²) in [6.07, 6.45) is 0. The minimum atomic E-state index is -0.107. The summed E-state index contributed by atoms with van der Waals surface area (Å²) >= 11 is 1.43. The van der Waals surface area contributed by atoms with E-state index in [0.29, 0.717) is 4.88 Å². The predicted molar refractivity (Wildman–Crippen MR) is 90.6 cm³/mol. The van der Waals surface area contributed by atoms with Gasteiger partial charge in [-0.1, -0.05) is 18.2 Å². The third-order valence-electron chi connectivity index (χ3n) is 3.37. The van der Waals surface area contributed by atoms with Crippen LogP contribution in [0.5, 0.6) is 5.75 Å². The van der Waals surface area contributed by atoms with E-state index in [1.165, 1.54) is 11.3 Å². The lowest BCUT2D eigenvalue weighted by molar-refractivity contribution is 0.103. The lowest BCUT2D eigenvalue weighted by atomic mass is 10.2. The molecule has 2 aromatic carbocycles.